The van der Waals surface area contributed by atoms with Crippen molar-refractivity contribution in [1.29, 1.82) is 0 Å². The number of carboxylic acid groups (broad SMARTS) is 1. The molecule has 0 saturated carbocycles. The molecule has 0 saturated heterocycles. The first-order valence-corrected chi connectivity index (χ1v) is 13.2. The van der Waals surface area contributed by atoms with Crippen molar-refractivity contribution in [3.8, 4) is 0 Å². The highest BCUT2D eigenvalue weighted by atomic mass is 16.5. The van der Waals surface area contributed by atoms with E-state index >= 15 is 0 Å². The van der Waals surface area contributed by atoms with Gasteiger partial charge in [-0.05, 0) is 38.5 Å². The molecule has 1 atom stereocenters. The summed E-state index contributed by atoms with van der Waals surface area (Å²) in [6.07, 6.45) is 20.9. The molecule has 1 amide bonds. The predicted molar refractivity (Wildman–Crippen MR) is 135 cm³/mol. The Morgan fingerprint density at radius 3 is 2.06 bits per heavy atom. The van der Waals surface area contributed by atoms with E-state index in [1.165, 1.54) is 57.8 Å². The fourth-order valence-electron chi connectivity index (χ4n) is 3.53. The number of carboxylic acids is 1. The second kappa shape index (κ2) is 24.2. The Hall–Kier alpha value is -1.93. The highest BCUT2D eigenvalue weighted by Crippen LogP contribution is 2.10. The second-order valence-electron chi connectivity index (χ2n) is 8.69. The van der Waals surface area contributed by atoms with Crippen LogP contribution in [0.5, 0.6) is 0 Å². The average molecular weight is 485 g/mol. The molecule has 0 heterocycles. The Labute approximate surface area is 205 Å². The summed E-state index contributed by atoms with van der Waals surface area (Å²) in [4.78, 5) is 34.4. The van der Waals surface area contributed by atoms with Gasteiger partial charge < -0.3 is 20.3 Å². The summed E-state index contributed by atoms with van der Waals surface area (Å²) in [7, 11) is 0. The fourth-order valence-corrected chi connectivity index (χ4v) is 3.53. The number of unbranched alkanes of at least 4 members (excludes halogenated alkanes) is 11. The van der Waals surface area contributed by atoms with Gasteiger partial charge in [-0.25, -0.2) is 0 Å². The first-order chi connectivity index (χ1) is 16.5. The normalized spacial score (nSPS) is 12.1. The van der Waals surface area contributed by atoms with Gasteiger partial charge >= 0.3 is 11.9 Å². The number of allylic oxidation sites excluding steroid dienone is 2. The molecule has 0 radical (unpaired) electrons. The third-order valence-electron chi connectivity index (χ3n) is 5.54. The SMILES string of the molecule is CCCCCCCC/C=C\CCCCCCCC(=O)NCCOC(=O)C(CCO)NCC(=O)O. The molecule has 34 heavy (non-hydrogen) atoms. The summed E-state index contributed by atoms with van der Waals surface area (Å²) in [5, 5.41) is 22.9. The van der Waals surface area contributed by atoms with Gasteiger partial charge in [0.1, 0.15) is 12.6 Å². The summed E-state index contributed by atoms with van der Waals surface area (Å²) in [5.41, 5.74) is 0. The Morgan fingerprint density at radius 2 is 1.47 bits per heavy atom. The second-order valence-corrected chi connectivity index (χ2v) is 8.69. The summed E-state index contributed by atoms with van der Waals surface area (Å²) in [6.45, 7) is 1.80. The van der Waals surface area contributed by atoms with E-state index in [-0.39, 0.29) is 32.1 Å². The molecule has 0 bridgehead atoms. The van der Waals surface area contributed by atoms with Crippen LogP contribution in [-0.2, 0) is 19.1 Å². The maximum absolute atomic E-state index is 11.9. The molecule has 0 aliphatic rings. The zero-order chi connectivity index (χ0) is 25.3. The van der Waals surface area contributed by atoms with Gasteiger partial charge in [0, 0.05) is 13.0 Å². The first kappa shape index (κ1) is 32.1. The van der Waals surface area contributed by atoms with Gasteiger partial charge in [0.05, 0.1) is 13.1 Å². The zero-order valence-corrected chi connectivity index (χ0v) is 21.2. The molecular formula is C26H48N2O6. The lowest BCUT2D eigenvalue weighted by atomic mass is 10.1. The summed E-state index contributed by atoms with van der Waals surface area (Å²) in [5.74, 6) is -1.80. The Balaban J connectivity index is 3.56. The maximum atomic E-state index is 11.9. The van der Waals surface area contributed by atoms with Crippen LogP contribution in [0.1, 0.15) is 103 Å². The lowest BCUT2D eigenvalue weighted by Gasteiger charge is -2.15. The molecule has 0 fully saturated rings. The molecule has 1 unspecified atom stereocenters. The van der Waals surface area contributed by atoms with Gasteiger partial charge in [-0.15, -0.1) is 0 Å². The standard InChI is InChI=1S/C26H48N2O6/c1-2-3-4-5-6-7-8-9-10-11-12-13-14-15-16-17-24(30)27-19-21-34-26(33)23(18-20-29)28-22-25(31)32/h9-10,23,28-29H,2-8,11-22H2,1H3,(H,27,30)(H,31,32)/b10-9-. The van der Waals surface area contributed by atoms with E-state index in [0.29, 0.717) is 6.42 Å². The molecule has 0 aromatic carbocycles. The van der Waals surface area contributed by atoms with Crippen LogP contribution in [0, 0.1) is 0 Å². The molecule has 4 N–H and O–H groups in total. The molecule has 8 heteroatoms. The number of hydrogen-bond acceptors (Lipinski definition) is 6. The Kier molecular flexibility index (Phi) is 22.8. The molecule has 198 valence electrons. The molecule has 0 aliphatic heterocycles. The monoisotopic (exact) mass is 484 g/mol. The van der Waals surface area contributed by atoms with Crippen molar-refractivity contribution in [3.63, 3.8) is 0 Å². The van der Waals surface area contributed by atoms with Gasteiger partial charge in [0.25, 0.3) is 0 Å². The topological polar surface area (TPSA) is 125 Å². The molecular weight excluding hydrogens is 436 g/mol. The van der Waals surface area contributed by atoms with E-state index in [1.807, 2.05) is 0 Å². The molecule has 0 aromatic rings. The average Bonchev–Trinajstić information content (AvgIpc) is 2.81. The molecule has 0 aliphatic carbocycles. The Bertz CT molecular complexity index is 553. The zero-order valence-electron chi connectivity index (χ0n) is 21.2. The van der Waals surface area contributed by atoms with Crippen LogP contribution in [0.15, 0.2) is 12.2 Å². The lowest BCUT2D eigenvalue weighted by molar-refractivity contribution is -0.147. The van der Waals surface area contributed by atoms with Crippen molar-refractivity contribution in [3.05, 3.63) is 12.2 Å². The first-order valence-electron chi connectivity index (χ1n) is 13.2. The van der Waals surface area contributed by atoms with E-state index in [9.17, 15) is 14.4 Å². The van der Waals surface area contributed by atoms with Crippen molar-refractivity contribution in [1.82, 2.24) is 10.6 Å². The van der Waals surface area contributed by atoms with Crippen LogP contribution in [0.4, 0.5) is 0 Å². The molecule has 0 aromatic heterocycles. The number of carbonyl (C=O) groups is 3. The summed E-state index contributed by atoms with van der Waals surface area (Å²) >= 11 is 0. The van der Waals surface area contributed by atoms with Crippen LogP contribution < -0.4 is 10.6 Å². The molecule has 0 rings (SSSR count). The number of aliphatic carboxylic acids is 1. The van der Waals surface area contributed by atoms with E-state index in [1.54, 1.807) is 0 Å². The number of amides is 1. The number of hydrogen-bond donors (Lipinski definition) is 4. The number of aliphatic hydroxyl groups excluding tert-OH is 1. The largest absolute Gasteiger partial charge is 0.480 e. The quantitative estimate of drug-likeness (QED) is 0.0923. The van der Waals surface area contributed by atoms with Crippen LogP contribution in [0.2, 0.25) is 0 Å². The van der Waals surface area contributed by atoms with Gasteiger partial charge in [-0.1, -0.05) is 70.4 Å². The van der Waals surface area contributed by atoms with Crippen molar-refractivity contribution in [2.45, 2.75) is 109 Å². The predicted octanol–water partition coefficient (Wildman–Crippen LogP) is 4.11. The number of carbonyl (C=O) groups excluding carboxylic acids is 2. The smallest absolute Gasteiger partial charge is 0.323 e. The van der Waals surface area contributed by atoms with Crippen molar-refractivity contribution in [2.24, 2.45) is 0 Å². The minimum atomic E-state index is -1.10. The highest BCUT2D eigenvalue weighted by molar-refractivity contribution is 5.77. The highest BCUT2D eigenvalue weighted by Gasteiger charge is 2.19. The number of esters is 1. The summed E-state index contributed by atoms with van der Waals surface area (Å²) in [6, 6.07) is -0.882. The number of ether oxygens (including phenoxy) is 1. The van der Waals surface area contributed by atoms with E-state index in [4.69, 9.17) is 14.9 Å². The van der Waals surface area contributed by atoms with Crippen molar-refractivity contribution < 1.29 is 29.3 Å². The number of nitrogens with one attached hydrogen (secondary N) is 2. The van der Waals surface area contributed by atoms with E-state index < -0.39 is 24.5 Å². The van der Waals surface area contributed by atoms with Gasteiger partial charge in [0.15, 0.2) is 0 Å². The third kappa shape index (κ3) is 21.9. The van der Waals surface area contributed by atoms with E-state index in [0.717, 1.165) is 25.7 Å². The number of aliphatic hydroxyl groups is 1. The minimum absolute atomic E-state index is 0.00757. The van der Waals surface area contributed by atoms with Crippen molar-refractivity contribution in [2.75, 3.05) is 26.3 Å². The van der Waals surface area contributed by atoms with Gasteiger partial charge in [-0.3, -0.25) is 19.7 Å². The maximum Gasteiger partial charge on any atom is 0.323 e. The third-order valence-corrected chi connectivity index (χ3v) is 5.54. The minimum Gasteiger partial charge on any atom is -0.480 e. The fraction of sp³-hybridized carbons (Fsp3) is 0.808. The number of rotatable bonds is 24. The summed E-state index contributed by atoms with van der Waals surface area (Å²) < 4.78 is 5.04. The van der Waals surface area contributed by atoms with E-state index in [2.05, 4.69) is 29.7 Å². The van der Waals surface area contributed by atoms with Crippen LogP contribution in [0.3, 0.4) is 0 Å². The van der Waals surface area contributed by atoms with Gasteiger partial charge in [-0.2, -0.15) is 0 Å². The van der Waals surface area contributed by atoms with Crippen molar-refractivity contribution >= 4 is 17.8 Å². The molecule has 8 nitrogen and oxygen atoms in total. The van der Waals surface area contributed by atoms with Gasteiger partial charge in [0.2, 0.25) is 5.91 Å². The van der Waals surface area contributed by atoms with Crippen LogP contribution in [0.25, 0.3) is 0 Å². The Morgan fingerprint density at radius 1 is 0.882 bits per heavy atom. The van der Waals surface area contributed by atoms with Crippen LogP contribution >= 0.6 is 0 Å². The lowest BCUT2D eigenvalue weighted by Crippen LogP contribution is -2.42. The van der Waals surface area contributed by atoms with Crippen LogP contribution in [-0.4, -0.2) is 60.4 Å². The molecule has 0 spiro atoms.